The third-order valence-corrected chi connectivity index (χ3v) is 4.45. The van der Waals surface area contributed by atoms with Gasteiger partial charge in [-0.2, -0.15) is 0 Å². The monoisotopic (exact) mass is 329 g/mol. The maximum atomic E-state index is 6.01. The molecule has 4 heteroatoms. The Bertz CT molecular complexity index is 631. The molecular weight excluding hydrogens is 302 g/mol. The van der Waals surface area contributed by atoms with Gasteiger partial charge in [-0.3, -0.25) is 0 Å². The van der Waals surface area contributed by atoms with Crippen molar-refractivity contribution < 1.29 is 13.9 Å². The number of ether oxygens (including phenoxy) is 2. The third kappa shape index (κ3) is 4.94. The fraction of sp³-hybridized carbons (Fsp3) is 0.500. The number of nitrogens with one attached hydrogen (secondary N) is 1. The molecule has 1 atom stereocenters. The van der Waals surface area contributed by atoms with E-state index in [0.29, 0.717) is 12.7 Å². The SMILES string of the molecule is Cc1ccc([C@H](C)NCc2cccc(COC3CCOCC3)c2)o1. The van der Waals surface area contributed by atoms with Crippen LogP contribution in [0.1, 0.15) is 48.5 Å². The van der Waals surface area contributed by atoms with Gasteiger partial charge in [-0.1, -0.05) is 24.3 Å². The van der Waals surface area contributed by atoms with Crippen LogP contribution in [-0.4, -0.2) is 19.3 Å². The first-order valence-electron chi connectivity index (χ1n) is 8.77. The Kier molecular flexibility index (Phi) is 6.07. The quantitative estimate of drug-likeness (QED) is 0.829. The van der Waals surface area contributed by atoms with Gasteiger partial charge in [0, 0.05) is 19.8 Å². The van der Waals surface area contributed by atoms with Gasteiger partial charge in [0.15, 0.2) is 0 Å². The Hall–Kier alpha value is -1.62. The molecule has 0 aliphatic carbocycles. The number of benzene rings is 1. The lowest BCUT2D eigenvalue weighted by Gasteiger charge is -2.22. The second kappa shape index (κ2) is 8.47. The molecule has 24 heavy (non-hydrogen) atoms. The van der Waals surface area contributed by atoms with Crippen molar-refractivity contribution in [2.24, 2.45) is 0 Å². The van der Waals surface area contributed by atoms with E-state index >= 15 is 0 Å². The minimum Gasteiger partial charge on any atom is -0.465 e. The number of hydrogen-bond donors (Lipinski definition) is 1. The zero-order chi connectivity index (χ0) is 16.8. The second-order valence-electron chi connectivity index (χ2n) is 6.49. The van der Waals surface area contributed by atoms with Crippen LogP contribution in [0, 0.1) is 6.92 Å². The minimum absolute atomic E-state index is 0.195. The molecule has 2 heterocycles. The molecule has 1 saturated heterocycles. The molecule has 0 unspecified atom stereocenters. The average molecular weight is 329 g/mol. The van der Waals surface area contributed by atoms with E-state index in [2.05, 4.69) is 36.5 Å². The summed E-state index contributed by atoms with van der Waals surface area (Å²) < 4.78 is 17.0. The van der Waals surface area contributed by atoms with E-state index in [4.69, 9.17) is 13.9 Å². The lowest BCUT2D eigenvalue weighted by Crippen LogP contribution is -2.23. The Morgan fingerprint density at radius 2 is 1.96 bits per heavy atom. The number of hydrogen-bond acceptors (Lipinski definition) is 4. The van der Waals surface area contributed by atoms with E-state index in [1.807, 2.05) is 19.1 Å². The molecule has 0 spiro atoms. The molecule has 0 radical (unpaired) electrons. The Balaban J connectivity index is 1.49. The van der Waals surface area contributed by atoms with Crippen molar-refractivity contribution in [3.05, 3.63) is 59.0 Å². The zero-order valence-corrected chi connectivity index (χ0v) is 14.6. The number of rotatable bonds is 7. The van der Waals surface area contributed by atoms with Crippen molar-refractivity contribution in [2.45, 2.75) is 52.0 Å². The predicted octanol–water partition coefficient (Wildman–Crippen LogP) is 4.13. The highest BCUT2D eigenvalue weighted by atomic mass is 16.5. The van der Waals surface area contributed by atoms with Crippen LogP contribution < -0.4 is 5.32 Å². The lowest BCUT2D eigenvalue weighted by molar-refractivity contribution is -0.0390. The van der Waals surface area contributed by atoms with Crippen LogP contribution >= 0.6 is 0 Å². The summed E-state index contributed by atoms with van der Waals surface area (Å²) in [6.07, 6.45) is 2.34. The molecule has 1 aliphatic heterocycles. The van der Waals surface area contributed by atoms with Gasteiger partial charge in [-0.05, 0) is 49.9 Å². The molecule has 130 valence electrons. The van der Waals surface area contributed by atoms with Crippen molar-refractivity contribution in [2.75, 3.05) is 13.2 Å². The van der Waals surface area contributed by atoms with Crippen LogP contribution in [0.25, 0.3) is 0 Å². The first kappa shape index (κ1) is 17.2. The zero-order valence-electron chi connectivity index (χ0n) is 14.6. The first-order valence-corrected chi connectivity index (χ1v) is 8.77. The van der Waals surface area contributed by atoms with Gasteiger partial charge in [0.25, 0.3) is 0 Å². The standard InChI is InChI=1S/C20H27NO3/c1-15-6-7-20(24-15)16(2)21-13-17-4-3-5-18(12-17)14-23-19-8-10-22-11-9-19/h3-7,12,16,19,21H,8-11,13-14H2,1-2H3/t16-/m0/s1. The van der Waals surface area contributed by atoms with Gasteiger partial charge in [0.1, 0.15) is 11.5 Å². The van der Waals surface area contributed by atoms with Crippen LogP contribution in [-0.2, 0) is 22.6 Å². The molecule has 1 aromatic carbocycles. The molecule has 0 bridgehead atoms. The molecule has 3 rings (SSSR count). The summed E-state index contributed by atoms with van der Waals surface area (Å²) in [5.41, 5.74) is 2.49. The van der Waals surface area contributed by atoms with E-state index < -0.39 is 0 Å². The van der Waals surface area contributed by atoms with Gasteiger partial charge in [0.05, 0.1) is 18.8 Å². The van der Waals surface area contributed by atoms with Crippen LogP contribution in [0.15, 0.2) is 40.8 Å². The highest BCUT2D eigenvalue weighted by molar-refractivity contribution is 5.23. The summed E-state index contributed by atoms with van der Waals surface area (Å²) in [6.45, 7) is 7.21. The molecule has 1 fully saturated rings. The van der Waals surface area contributed by atoms with Crippen LogP contribution in [0.4, 0.5) is 0 Å². The third-order valence-electron chi connectivity index (χ3n) is 4.45. The summed E-state index contributed by atoms with van der Waals surface area (Å²) >= 11 is 0. The van der Waals surface area contributed by atoms with Crippen LogP contribution in [0.3, 0.4) is 0 Å². The van der Waals surface area contributed by atoms with Gasteiger partial charge >= 0.3 is 0 Å². The smallest absolute Gasteiger partial charge is 0.120 e. The maximum absolute atomic E-state index is 6.01. The summed E-state index contributed by atoms with van der Waals surface area (Å²) in [5.74, 6) is 1.93. The highest BCUT2D eigenvalue weighted by Gasteiger charge is 2.14. The predicted molar refractivity (Wildman–Crippen MR) is 93.8 cm³/mol. The van der Waals surface area contributed by atoms with Crippen molar-refractivity contribution >= 4 is 0 Å². The van der Waals surface area contributed by atoms with Gasteiger partial charge in [-0.15, -0.1) is 0 Å². The van der Waals surface area contributed by atoms with Gasteiger partial charge in [-0.25, -0.2) is 0 Å². The maximum Gasteiger partial charge on any atom is 0.120 e. The second-order valence-corrected chi connectivity index (χ2v) is 6.49. The molecule has 1 aliphatic rings. The average Bonchev–Trinajstić information content (AvgIpc) is 3.06. The molecule has 1 N–H and O–H groups in total. The molecular formula is C20H27NO3. The minimum atomic E-state index is 0.195. The molecule has 0 saturated carbocycles. The van der Waals surface area contributed by atoms with Crippen LogP contribution in [0.5, 0.6) is 0 Å². The molecule has 2 aromatic rings. The van der Waals surface area contributed by atoms with Gasteiger partial charge in [0.2, 0.25) is 0 Å². The topological polar surface area (TPSA) is 43.6 Å². The normalized spacial score (nSPS) is 17.1. The number of aryl methyl sites for hydroxylation is 1. The number of furan rings is 1. The van der Waals surface area contributed by atoms with E-state index in [0.717, 1.165) is 44.1 Å². The van der Waals surface area contributed by atoms with E-state index in [9.17, 15) is 0 Å². The molecule has 0 amide bonds. The fourth-order valence-electron chi connectivity index (χ4n) is 2.94. The van der Waals surface area contributed by atoms with E-state index in [-0.39, 0.29) is 6.04 Å². The Morgan fingerprint density at radius 1 is 1.17 bits per heavy atom. The van der Waals surface area contributed by atoms with Crippen molar-refractivity contribution in [1.29, 1.82) is 0 Å². The Labute approximate surface area is 144 Å². The van der Waals surface area contributed by atoms with Crippen LogP contribution in [0.2, 0.25) is 0 Å². The fourth-order valence-corrected chi connectivity index (χ4v) is 2.94. The largest absolute Gasteiger partial charge is 0.465 e. The molecule has 1 aromatic heterocycles. The summed E-state index contributed by atoms with van der Waals surface area (Å²) in [4.78, 5) is 0. The first-order chi connectivity index (χ1) is 11.7. The van der Waals surface area contributed by atoms with E-state index in [1.54, 1.807) is 0 Å². The van der Waals surface area contributed by atoms with Crippen molar-refractivity contribution in [3.8, 4) is 0 Å². The van der Waals surface area contributed by atoms with Gasteiger partial charge < -0.3 is 19.2 Å². The summed E-state index contributed by atoms with van der Waals surface area (Å²) in [5, 5.41) is 3.51. The summed E-state index contributed by atoms with van der Waals surface area (Å²) in [6, 6.07) is 12.8. The molecule has 4 nitrogen and oxygen atoms in total. The highest BCUT2D eigenvalue weighted by Crippen LogP contribution is 2.17. The van der Waals surface area contributed by atoms with Crippen molar-refractivity contribution in [1.82, 2.24) is 5.32 Å². The lowest BCUT2D eigenvalue weighted by atomic mass is 10.1. The summed E-state index contributed by atoms with van der Waals surface area (Å²) in [7, 11) is 0. The Morgan fingerprint density at radius 3 is 2.71 bits per heavy atom. The van der Waals surface area contributed by atoms with Crippen molar-refractivity contribution in [3.63, 3.8) is 0 Å². The van der Waals surface area contributed by atoms with E-state index in [1.165, 1.54) is 11.1 Å².